The minimum atomic E-state index is -0.864. The Bertz CT molecular complexity index is 381. The number of nitrogens with two attached hydrogens (primary N) is 1. The number of primary amides is 1. The number of amides is 3. The Balaban J connectivity index is 2.43. The number of urea groups is 1. The number of aromatic hydroxyl groups is 1. The first-order valence-electron chi connectivity index (χ1n) is 4.09. The molecular weight excluding hydrogens is 216 g/mol. The van der Waals surface area contributed by atoms with Crippen LogP contribution in [-0.2, 0) is 4.79 Å². The molecule has 15 heavy (non-hydrogen) atoms. The first-order chi connectivity index (χ1) is 7.08. The van der Waals surface area contributed by atoms with Crippen LogP contribution in [0.2, 0.25) is 0 Å². The van der Waals surface area contributed by atoms with E-state index in [4.69, 9.17) is 10.8 Å². The highest BCUT2D eigenvalue weighted by molar-refractivity contribution is 8.00. The van der Waals surface area contributed by atoms with Gasteiger partial charge in [-0.3, -0.25) is 10.1 Å². The van der Waals surface area contributed by atoms with Crippen molar-refractivity contribution in [2.75, 3.05) is 5.75 Å². The van der Waals surface area contributed by atoms with E-state index < -0.39 is 11.9 Å². The molecule has 1 rings (SSSR count). The van der Waals surface area contributed by atoms with Crippen LogP contribution in [0.3, 0.4) is 0 Å². The van der Waals surface area contributed by atoms with Gasteiger partial charge in [0.1, 0.15) is 5.75 Å². The molecule has 0 radical (unpaired) electrons. The monoisotopic (exact) mass is 226 g/mol. The van der Waals surface area contributed by atoms with E-state index in [1.54, 1.807) is 12.1 Å². The number of thioether (sulfide) groups is 1. The van der Waals surface area contributed by atoms with E-state index in [9.17, 15) is 9.59 Å². The molecule has 0 spiro atoms. The summed E-state index contributed by atoms with van der Waals surface area (Å²) in [5.74, 6) is -0.252. The molecule has 80 valence electrons. The number of carbonyl (C=O) groups is 2. The van der Waals surface area contributed by atoms with Crippen LogP contribution in [-0.4, -0.2) is 22.8 Å². The van der Waals surface area contributed by atoms with Crippen molar-refractivity contribution in [2.24, 2.45) is 5.73 Å². The average molecular weight is 226 g/mol. The lowest BCUT2D eigenvalue weighted by atomic mass is 10.3. The topological polar surface area (TPSA) is 92.4 Å². The van der Waals surface area contributed by atoms with E-state index in [-0.39, 0.29) is 11.5 Å². The van der Waals surface area contributed by atoms with Crippen LogP contribution in [0.15, 0.2) is 29.2 Å². The molecule has 0 bridgehead atoms. The summed E-state index contributed by atoms with van der Waals surface area (Å²) in [4.78, 5) is 22.1. The van der Waals surface area contributed by atoms with Crippen LogP contribution in [0.5, 0.6) is 5.75 Å². The summed E-state index contributed by atoms with van der Waals surface area (Å²) in [6, 6.07) is 5.62. The Kier molecular flexibility index (Phi) is 3.99. The quantitative estimate of drug-likeness (QED) is 0.661. The third-order valence-corrected chi connectivity index (χ3v) is 2.44. The molecule has 0 heterocycles. The van der Waals surface area contributed by atoms with Crippen molar-refractivity contribution in [2.45, 2.75) is 4.90 Å². The van der Waals surface area contributed by atoms with E-state index in [1.807, 2.05) is 5.32 Å². The number of phenolic OH excluding ortho intramolecular Hbond substituents is 1. The number of nitrogens with one attached hydrogen (secondary N) is 1. The molecule has 5 nitrogen and oxygen atoms in total. The van der Waals surface area contributed by atoms with Crippen molar-refractivity contribution >= 4 is 23.7 Å². The second-order valence-electron chi connectivity index (χ2n) is 2.70. The Morgan fingerprint density at radius 2 is 2.20 bits per heavy atom. The van der Waals surface area contributed by atoms with Crippen LogP contribution in [0, 0.1) is 0 Å². The van der Waals surface area contributed by atoms with Crippen molar-refractivity contribution in [1.29, 1.82) is 0 Å². The first kappa shape index (κ1) is 11.4. The predicted molar refractivity (Wildman–Crippen MR) is 56.6 cm³/mol. The smallest absolute Gasteiger partial charge is 0.318 e. The Morgan fingerprint density at radius 1 is 1.47 bits per heavy atom. The van der Waals surface area contributed by atoms with Crippen LogP contribution in [0.4, 0.5) is 4.79 Å². The van der Waals surface area contributed by atoms with Gasteiger partial charge in [-0.25, -0.2) is 4.79 Å². The SMILES string of the molecule is NC(=O)NC(=O)CSc1cccc(O)c1. The first-order valence-corrected chi connectivity index (χ1v) is 5.07. The van der Waals surface area contributed by atoms with Gasteiger partial charge in [0, 0.05) is 4.90 Å². The van der Waals surface area contributed by atoms with Crippen molar-refractivity contribution in [3.8, 4) is 5.75 Å². The van der Waals surface area contributed by atoms with E-state index in [1.165, 1.54) is 23.9 Å². The maximum atomic E-state index is 11.0. The molecule has 0 fully saturated rings. The fourth-order valence-electron chi connectivity index (χ4n) is 0.896. The minimum absolute atomic E-state index is 0.0758. The summed E-state index contributed by atoms with van der Waals surface area (Å²) in [5.41, 5.74) is 4.77. The van der Waals surface area contributed by atoms with Gasteiger partial charge in [0.15, 0.2) is 0 Å². The van der Waals surface area contributed by atoms with Gasteiger partial charge >= 0.3 is 6.03 Å². The van der Waals surface area contributed by atoms with E-state index in [2.05, 4.69) is 0 Å². The van der Waals surface area contributed by atoms with Gasteiger partial charge in [0.2, 0.25) is 5.91 Å². The molecule has 0 aromatic heterocycles. The summed E-state index contributed by atoms with van der Waals surface area (Å²) in [6.07, 6.45) is 0. The van der Waals surface area contributed by atoms with E-state index in [0.717, 1.165) is 4.90 Å². The highest BCUT2D eigenvalue weighted by Gasteiger charge is 2.04. The molecule has 0 aliphatic carbocycles. The van der Waals surface area contributed by atoms with E-state index in [0.29, 0.717) is 0 Å². The molecule has 6 heteroatoms. The number of rotatable bonds is 3. The van der Waals surface area contributed by atoms with Gasteiger partial charge in [-0.2, -0.15) is 0 Å². The highest BCUT2D eigenvalue weighted by atomic mass is 32.2. The molecule has 0 aliphatic heterocycles. The maximum Gasteiger partial charge on any atom is 0.318 e. The molecular formula is C9H10N2O3S. The molecule has 3 amide bonds. The lowest BCUT2D eigenvalue weighted by molar-refractivity contribution is -0.117. The molecule has 0 saturated carbocycles. The fourth-order valence-corrected chi connectivity index (χ4v) is 1.64. The lowest BCUT2D eigenvalue weighted by Gasteiger charge is -2.01. The zero-order valence-corrected chi connectivity index (χ0v) is 8.58. The van der Waals surface area contributed by atoms with Crippen LogP contribution in [0.1, 0.15) is 0 Å². The van der Waals surface area contributed by atoms with Gasteiger partial charge in [0.05, 0.1) is 5.75 Å². The standard InChI is InChI=1S/C9H10N2O3S/c10-9(14)11-8(13)5-15-7-3-1-2-6(12)4-7/h1-4,12H,5H2,(H3,10,11,13,14). The van der Waals surface area contributed by atoms with Crippen LogP contribution < -0.4 is 11.1 Å². The summed E-state index contributed by atoms with van der Waals surface area (Å²) in [6.45, 7) is 0. The van der Waals surface area contributed by atoms with Crippen LogP contribution >= 0.6 is 11.8 Å². The van der Waals surface area contributed by atoms with Gasteiger partial charge in [0.25, 0.3) is 0 Å². The fraction of sp³-hybridized carbons (Fsp3) is 0.111. The molecule has 0 unspecified atom stereocenters. The second-order valence-corrected chi connectivity index (χ2v) is 3.75. The van der Waals surface area contributed by atoms with Gasteiger partial charge in [-0.05, 0) is 18.2 Å². The zero-order valence-electron chi connectivity index (χ0n) is 7.77. The molecule has 1 aromatic carbocycles. The molecule has 0 aliphatic rings. The van der Waals surface area contributed by atoms with Crippen molar-refractivity contribution in [3.05, 3.63) is 24.3 Å². The molecule has 1 aromatic rings. The van der Waals surface area contributed by atoms with Crippen molar-refractivity contribution < 1.29 is 14.7 Å². The maximum absolute atomic E-state index is 11.0. The average Bonchev–Trinajstić information content (AvgIpc) is 2.14. The number of carbonyl (C=O) groups excluding carboxylic acids is 2. The molecule has 4 N–H and O–H groups in total. The summed E-state index contributed by atoms with van der Waals surface area (Å²) >= 11 is 1.20. The number of benzene rings is 1. The Hall–Kier alpha value is -1.69. The lowest BCUT2D eigenvalue weighted by Crippen LogP contribution is -2.36. The Morgan fingerprint density at radius 3 is 2.80 bits per heavy atom. The predicted octanol–water partition coefficient (Wildman–Crippen LogP) is 0.679. The van der Waals surface area contributed by atoms with Crippen LogP contribution in [0.25, 0.3) is 0 Å². The largest absolute Gasteiger partial charge is 0.508 e. The number of imide groups is 1. The number of phenols is 1. The van der Waals surface area contributed by atoms with Gasteiger partial charge in [-0.15, -0.1) is 11.8 Å². The summed E-state index contributed by atoms with van der Waals surface area (Å²) in [7, 11) is 0. The van der Waals surface area contributed by atoms with Crippen molar-refractivity contribution in [3.63, 3.8) is 0 Å². The van der Waals surface area contributed by atoms with Gasteiger partial charge < -0.3 is 10.8 Å². The third kappa shape index (κ3) is 4.37. The van der Waals surface area contributed by atoms with E-state index >= 15 is 0 Å². The van der Waals surface area contributed by atoms with Gasteiger partial charge in [-0.1, -0.05) is 6.07 Å². The molecule has 0 saturated heterocycles. The summed E-state index contributed by atoms with van der Waals surface area (Å²) < 4.78 is 0. The minimum Gasteiger partial charge on any atom is -0.508 e. The molecule has 0 atom stereocenters. The number of hydrogen-bond donors (Lipinski definition) is 3. The second kappa shape index (κ2) is 5.26. The van der Waals surface area contributed by atoms with Crippen molar-refractivity contribution in [1.82, 2.24) is 5.32 Å². The third-order valence-electron chi connectivity index (χ3n) is 1.45. The number of hydrogen-bond acceptors (Lipinski definition) is 4. The normalized spacial score (nSPS) is 9.60. The highest BCUT2D eigenvalue weighted by Crippen LogP contribution is 2.21. The zero-order chi connectivity index (χ0) is 11.3. The Labute approximate surface area is 90.7 Å². The summed E-state index contributed by atoms with van der Waals surface area (Å²) in [5, 5.41) is 11.1.